The minimum atomic E-state index is -0.826. The van der Waals surface area contributed by atoms with Crippen molar-refractivity contribution in [3.8, 4) is 5.75 Å². The van der Waals surface area contributed by atoms with Crippen LogP contribution >= 0.6 is 11.6 Å². The molecule has 0 radical (unpaired) electrons. The van der Waals surface area contributed by atoms with Crippen LogP contribution in [0.2, 0.25) is 5.02 Å². The van der Waals surface area contributed by atoms with Gasteiger partial charge < -0.3 is 9.84 Å². The summed E-state index contributed by atoms with van der Waals surface area (Å²) >= 11 is 6.37. The number of benzene rings is 2. The Kier molecular flexibility index (Phi) is 5.32. The van der Waals surface area contributed by atoms with Crippen LogP contribution < -0.4 is 4.74 Å². The summed E-state index contributed by atoms with van der Waals surface area (Å²) in [5, 5.41) is 9.56. The second-order valence-corrected chi connectivity index (χ2v) is 6.74. The Hall–Kier alpha value is -2.00. The molecule has 23 heavy (non-hydrogen) atoms. The van der Waals surface area contributed by atoms with Crippen molar-refractivity contribution in [1.82, 2.24) is 0 Å². The van der Waals surface area contributed by atoms with E-state index in [0.29, 0.717) is 17.4 Å². The van der Waals surface area contributed by atoms with Crippen LogP contribution in [0.15, 0.2) is 42.5 Å². The number of hydrogen-bond acceptors (Lipinski definition) is 2. The lowest BCUT2D eigenvalue weighted by atomic mass is 9.81. The van der Waals surface area contributed by atoms with Crippen LogP contribution in [0.1, 0.15) is 37.0 Å². The maximum atomic E-state index is 11.0. The molecular weight excluding hydrogens is 312 g/mol. The summed E-state index contributed by atoms with van der Waals surface area (Å²) in [6, 6.07) is 13.6. The van der Waals surface area contributed by atoms with Gasteiger partial charge in [-0.05, 0) is 29.7 Å². The highest BCUT2D eigenvalue weighted by atomic mass is 35.5. The Balaban J connectivity index is 2.22. The lowest BCUT2D eigenvalue weighted by Gasteiger charge is -2.25. The molecule has 0 atom stereocenters. The van der Waals surface area contributed by atoms with Crippen molar-refractivity contribution in [2.75, 3.05) is 0 Å². The van der Waals surface area contributed by atoms with Gasteiger partial charge in [-0.3, -0.25) is 4.79 Å². The predicted molar refractivity (Wildman–Crippen MR) is 92.2 cm³/mol. The maximum absolute atomic E-state index is 11.0. The van der Waals surface area contributed by atoms with Gasteiger partial charge in [-0.25, -0.2) is 0 Å². The fraction of sp³-hybridized carbons (Fsp3) is 0.316. The van der Waals surface area contributed by atoms with Crippen LogP contribution in [0.25, 0.3) is 0 Å². The normalized spacial score (nSPS) is 11.3. The van der Waals surface area contributed by atoms with Crippen molar-refractivity contribution in [2.24, 2.45) is 0 Å². The Labute approximate surface area is 141 Å². The molecule has 0 amide bonds. The van der Waals surface area contributed by atoms with Crippen molar-refractivity contribution >= 4 is 17.6 Å². The molecule has 0 spiro atoms. The van der Waals surface area contributed by atoms with Crippen LogP contribution in [0.4, 0.5) is 0 Å². The highest BCUT2D eigenvalue weighted by Crippen LogP contribution is 2.36. The number of rotatable bonds is 6. The summed E-state index contributed by atoms with van der Waals surface area (Å²) in [5.41, 5.74) is 2.38. The molecular formula is C19H21ClO3. The van der Waals surface area contributed by atoms with Gasteiger partial charge in [0.05, 0.1) is 11.4 Å². The smallest absolute Gasteiger partial charge is 0.304 e. The summed E-state index contributed by atoms with van der Waals surface area (Å²) in [4.78, 5) is 11.0. The van der Waals surface area contributed by atoms with Crippen LogP contribution in [0.3, 0.4) is 0 Å². The molecule has 2 rings (SSSR count). The second kappa shape index (κ2) is 7.05. The van der Waals surface area contributed by atoms with E-state index in [0.717, 1.165) is 16.7 Å². The van der Waals surface area contributed by atoms with Gasteiger partial charge in [0.25, 0.3) is 0 Å². The molecule has 2 aromatic rings. The van der Waals surface area contributed by atoms with E-state index in [4.69, 9.17) is 21.4 Å². The lowest BCUT2D eigenvalue weighted by molar-refractivity contribution is -0.138. The Morgan fingerprint density at radius 1 is 1.22 bits per heavy atom. The highest BCUT2D eigenvalue weighted by Gasteiger charge is 2.25. The third-order valence-corrected chi connectivity index (χ3v) is 4.11. The van der Waals surface area contributed by atoms with Crippen LogP contribution in [-0.2, 0) is 16.8 Å². The van der Waals surface area contributed by atoms with Gasteiger partial charge >= 0.3 is 5.97 Å². The third kappa shape index (κ3) is 4.49. The summed E-state index contributed by atoms with van der Waals surface area (Å²) in [7, 11) is 0. The quantitative estimate of drug-likeness (QED) is 0.811. The molecule has 0 heterocycles. The first-order valence-electron chi connectivity index (χ1n) is 7.49. The van der Waals surface area contributed by atoms with E-state index in [9.17, 15) is 4.79 Å². The van der Waals surface area contributed by atoms with E-state index in [1.807, 2.05) is 57.2 Å². The Morgan fingerprint density at radius 2 is 1.87 bits per heavy atom. The lowest BCUT2D eigenvalue weighted by Crippen LogP contribution is -2.22. The van der Waals surface area contributed by atoms with Crippen LogP contribution in [0, 0.1) is 6.92 Å². The maximum Gasteiger partial charge on any atom is 0.304 e. The highest BCUT2D eigenvalue weighted by molar-refractivity contribution is 6.32. The third-order valence-electron chi connectivity index (χ3n) is 3.83. The number of carboxylic acid groups (broad SMARTS) is 1. The van der Waals surface area contributed by atoms with Gasteiger partial charge in [0, 0.05) is 5.41 Å². The first-order valence-corrected chi connectivity index (χ1v) is 7.86. The summed E-state index contributed by atoms with van der Waals surface area (Å²) in [6.07, 6.45) is 0.0486. The summed E-state index contributed by atoms with van der Waals surface area (Å²) in [6.45, 7) is 6.17. The van der Waals surface area contributed by atoms with E-state index >= 15 is 0 Å². The molecule has 0 aromatic heterocycles. The number of hydrogen-bond donors (Lipinski definition) is 1. The minimum Gasteiger partial charge on any atom is -0.487 e. The molecule has 0 aliphatic carbocycles. The molecule has 0 saturated heterocycles. The topological polar surface area (TPSA) is 46.5 Å². The van der Waals surface area contributed by atoms with Crippen molar-refractivity contribution < 1.29 is 14.6 Å². The fourth-order valence-electron chi connectivity index (χ4n) is 2.51. The van der Waals surface area contributed by atoms with E-state index < -0.39 is 11.4 Å². The summed E-state index contributed by atoms with van der Waals surface area (Å²) in [5.74, 6) is -0.182. The monoisotopic (exact) mass is 332 g/mol. The standard InChI is InChI=1S/C19H21ClO3/c1-13-9-15(19(2,3)11-17(21)22)10-16(20)18(13)23-12-14-7-5-4-6-8-14/h4-10H,11-12H2,1-3H3,(H,21,22). The van der Waals surface area contributed by atoms with E-state index in [1.54, 1.807) is 6.07 Å². The molecule has 1 N–H and O–H groups in total. The molecule has 4 heteroatoms. The Morgan fingerprint density at radius 3 is 2.43 bits per heavy atom. The van der Waals surface area contributed by atoms with Gasteiger partial charge in [0.1, 0.15) is 12.4 Å². The molecule has 2 aromatic carbocycles. The van der Waals surface area contributed by atoms with Crippen molar-refractivity contribution in [1.29, 1.82) is 0 Å². The largest absolute Gasteiger partial charge is 0.487 e. The molecule has 3 nitrogen and oxygen atoms in total. The van der Waals surface area contributed by atoms with Crippen LogP contribution in [0.5, 0.6) is 5.75 Å². The first kappa shape index (κ1) is 17.4. The van der Waals surface area contributed by atoms with E-state index in [2.05, 4.69) is 0 Å². The zero-order valence-electron chi connectivity index (χ0n) is 13.6. The number of carbonyl (C=O) groups is 1. The Bertz CT molecular complexity index is 670. The second-order valence-electron chi connectivity index (χ2n) is 6.33. The molecule has 0 bridgehead atoms. The van der Waals surface area contributed by atoms with Gasteiger partial charge in [0.2, 0.25) is 0 Å². The zero-order chi connectivity index (χ0) is 17.0. The zero-order valence-corrected chi connectivity index (χ0v) is 14.4. The molecule has 0 unspecified atom stereocenters. The van der Waals surface area contributed by atoms with Crippen LogP contribution in [-0.4, -0.2) is 11.1 Å². The molecule has 0 saturated carbocycles. The number of aliphatic carboxylic acids is 1. The van der Waals surface area contributed by atoms with E-state index in [-0.39, 0.29) is 6.42 Å². The van der Waals surface area contributed by atoms with E-state index in [1.165, 1.54) is 0 Å². The van der Waals surface area contributed by atoms with Crippen molar-refractivity contribution in [2.45, 2.75) is 39.2 Å². The first-order chi connectivity index (χ1) is 10.8. The van der Waals surface area contributed by atoms with Gasteiger partial charge in [-0.15, -0.1) is 0 Å². The van der Waals surface area contributed by atoms with Crippen molar-refractivity contribution in [3.05, 3.63) is 64.2 Å². The fourth-order valence-corrected chi connectivity index (χ4v) is 2.84. The average molecular weight is 333 g/mol. The number of halogens is 1. The average Bonchev–Trinajstić information content (AvgIpc) is 2.46. The predicted octanol–water partition coefficient (Wildman–Crippen LogP) is 4.98. The van der Waals surface area contributed by atoms with Gasteiger partial charge in [0.15, 0.2) is 0 Å². The van der Waals surface area contributed by atoms with Gasteiger partial charge in [-0.1, -0.05) is 61.8 Å². The molecule has 0 aliphatic rings. The van der Waals surface area contributed by atoms with Gasteiger partial charge in [-0.2, -0.15) is 0 Å². The summed E-state index contributed by atoms with van der Waals surface area (Å²) < 4.78 is 5.85. The SMILES string of the molecule is Cc1cc(C(C)(C)CC(=O)O)cc(Cl)c1OCc1ccccc1. The molecule has 122 valence electrons. The van der Waals surface area contributed by atoms with Crippen molar-refractivity contribution in [3.63, 3.8) is 0 Å². The minimum absolute atomic E-state index is 0.0486. The molecule has 0 fully saturated rings. The number of carboxylic acids is 1. The number of aryl methyl sites for hydroxylation is 1. The number of ether oxygens (including phenoxy) is 1. The molecule has 0 aliphatic heterocycles.